The first-order valence-corrected chi connectivity index (χ1v) is 6.81. The van der Waals surface area contributed by atoms with Gasteiger partial charge in [0, 0.05) is 32.8 Å². The topological polar surface area (TPSA) is 59.0 Å². The molecule has 1 unspecified atom stereocenters. The molecular formula is C13H23NO4. The number of morpholine rings is 1. The largest absolute Gasteiger partial charge is 0.481 e. The summed E-state index contributed by atoms with van der Waals surface area (Å²) in [7, 11) is 0. The normalized spacial score (nSPS) is 29.1. The van der Waals surface area contributed by atoms with Crippen LogP contribution in [0.4, 0.5) is 0 Å². The lowest BCUT2D eigenvalue weighted by molar-refractivity contribution is -0.158. The predicted octanol–water partition coefficient (Wildman–Crippen LogP) is 0.979. The van der Waals surface area contributed by atoms with Gasteiger partial charge in [0.1, 0.15) is 0 Å². The zero-order chi connectivity index (χ0) is 13.0. The molecule has 0 bridgehead atoms. The highest BCUT2D eigenvalue weighted by Crippen LogP contribution is 2.32. The molecule has 1 N–H and O–H groups in total. The molecule has 2 aliphatic rings. The second kappa shape index (κ2) is 5.99. The van der Waals surface area contributed by atoms with Crippen molar-refractivity contribution in [3.05, 3.63) is 0 Å². The van der Waals surface area contributed by atoms with Gasteiger partial charge >= 0.3 is 5.97 Å². The highest BCUT2D eigenvalue weighted by Gasteiger charge is 2.42. The monoisotopic (exact) mass is 257 g/mol. The van der Waals surface area contributed by atoms with Crippen molar-refractivity contribution in [1.29, 1.82) is 0 Å². The lowest BCUT2D eigenvalue weighted by Crippen LogP contribution is -2.51. The summed E-state index contributed by atoms with van der Waals surface area (Å²) in [5.41, 5.74) is -0.617. The summed E-state index contributed by atoms with van der Waals surface area (Å²) in [4.78, 5) is 13.8. The molecule has 0 saturated carbocycles. The van der Waals surface area contributed by atoms with E-state index < -0.39 is 11.4 Å². The number of carbonyl (C=O) groups is 1. The Morgan fingerprint density at radius 3 is 2.72 bits per heavy atom. The third kappa shape index (κ3) is 3.02. The van der Waals surface area contributed by atoms with Gasteiger partial charge in [-0.25, -0.2) is 0 Å². The van der Waals surface area contributed by atoms with E-state index in [9.17, 15) is 9.90 Å². The summed E-state index contributed by atoms with van der Waals surface area (Å²) in [5, 5.41) is 9.53. The molecule has 0 spiro atoms. The minimum atomic E-state index is -0.676. The standard InChI is InChI=1S/C13H23NO4/c1-2-11-9-14(5-8-18-11)10-13(12(15)16)3-6-17-7-4-13/h11H,2-10H2,1H3,(H,15,16). The first kappa shape index (κ1) is 13.8. The molecule has 5 nitrogen and oxygen atoms in total. The maximum absolute atomic E-state index is 11.6. The van der Waals surface area contributed by atoms with Crippen molar-refractivity contribution in [3.8, 4) is 0 Å². The molecular weight excluding hydrogens is 234 g/mol. The SMILES string of the molecule is CCC1CN(CC2(C(=O)O)CCOCC2)CCO1. The van der Waals surface area contributed by atoms with Crippen molar-refractivity contribution in [3.63, 3.8) is 0 Å². The Labute approximate surface area is 108 Å². The van der Waals surface area contributed by atoms with E-state index >= 15 is 0 Å². The maximum atomic E-state index is 11.6. The molecule has 5 heteroatoms. The second-order valence-corrected chi connectivity index (χ2v) is 5.33. The van der Waals surface area contributed by atoms with Crippen molar-refractivity contribution < 1.29 is 19.4 Å². The molecule has 2 saturated heterocycles. The van der Waals surface area contributed by atoms with Crippen LogP contribution in [-0.4, -0.2) is 61.5 Å². The van der Waals surface area contributed by atoms with Gasteiger partial charge in [0.2, 0.25) is 0 Å². The van der Waals surface area contributed by atoms with Crippen LogP contribution in [0.5, 0.6) is 0 Å². The number of hydrogen-bond donors (Lipinski definition) is 1. The fourth-order valence-electron chi connectivity index (χ4n) is 2.80. The van der Waals surface area contributed by atoms with Gasteiger partial charge in [-0.15, -0.1) is 0 Å². The third-order valence-corrected chi connectivity index (χ3v) is 4.11. The highest BCUT2D eigenvalue weighted by atomic mass is 16.5. The van der Waals surface area contributed by atoms with Crippen molar-refractivity contribution in [2.75, 3.05) is 39.5 Å². The van der Waals surface area contributed by atoms with Crippen LogP contribution in [0.1, 0.15) is 26.2 Å². The second-order valence-electron chi connectivity index (χ2n) is 5.33. The average molecular weight is 257 g/mol. The quantitative estimate of drug-likeness (QED) is 0.813. The number of ether oxygens (including phenoxy) is 2. The molecule has 0 aromatic rings. The first-order valence-electron chi connectivity index (χ1n) is 6.81. The summed E-state index contributed by atoms with van der Waals surface area (Å²) in [5.74, 6) is -0.676. The summed E-state index contributed by atoms with van der Waals surface area (Å²) in [6, 6.07) is 0. The van der Waals surface area contributed by atoms with E-state index in [-0.39, 0.29) is 6.10 Å². The molecule has 104 valence electrons. The molecule has 18 heavy (non-hydrogen) atoms. The maximum Gasteiger partial charge on any atom is 0.311 e. The van der Waals surface area contributed by atoms with E-state index in [1.165, 1.54) is 0 Å². The van der Waals surface area contributed by atoms with E-state index in [1.807, 2.05) is 0 Å². The Morgan fingerprint density at radius 2 is 2.11 bits per heavy atom. The van der Waals surface area contributed by atoms with Gasteiger partial charge in [-0.2, -0.15) is 0 Å². The lowest BCUT2D eigenvalue weighted by atomic mass is 9.79. The van der Waals surface area contributed by atoms with Crippen molar-refractivity contribution >= 4 is 5.97 Å². The molecule has 0 radical (unpaired) electrons. The van der Waals surface area contributed by atoms with Gasteiger partial charge in [-0.1, -0.05) is 6.92 Å². The number of carboxylic acids is 1. The molecule has 0 aromatic carbocycles. The Kier molecular flexibility index (Phi) is 4.59. The van der Waals surface area contributed by atoms with Crippen LogP contribution in [0.15, 0.2) is 0 Å². The molecule has 0 aromatic heterocycles. The Balaban J connectivity index is 1.98. The average Bonchev–Trinajstić information content (AvgIpc) is 2.40. The summed E-state index contributed by atoms with van der Waals surface area (Å²) in [6.45, 7) is 6.27. The summed E-state index contributed by atoms with van der Waals surface area (Å²) < 4.78 is 10.9. The zero-order valence-electron chi connectivity index (χ0n) is 11.1. The van der Waals surface area contributed by atoms with Gasteiger partial charge in [0.25, 0.3) is 0 Å². The minimum Gasteiger partial charge on any atom is -0.481 e. The Morgan fingerprint density at radius 1 is 1.39 bits per heavy atom. The smallest absolute Gasteiger partial charge is 0.311 e. The van der Waals surface area contributed by atoms with Gasteiger partial charge in [-0.3, -0.25) is 9.69 Å². The highest BCUT2D eigenvalue weighted by molar-refractivity contribution is 5.75. The van der Waals surface area contributed by atoms with E-state index in [0.717, 1.165) is 19.5 Å². The van der Waals surface area contributed by atoms with Crippen LogP contribution in [0.3, 0.4) is 0 Å². The van der Waals surface area contributed by atoms with Crippen molar-refractivity contribution in [2.45, 2.75) is 32.3 Å². The molecule has 2 rings (SSSR count). The number of hydrogen-bond acceptors (Lipinski definition) is 4. The van der Waals surface area contributed by atoms with Crippen LogP contribution in [0.25, 0.3) is 0 Å². The van der Waals surface area contributed by atoms with Crippen LogP contribution in [0, 0.1) is 5.41 Å². The number of aliphatic carboxylic acids is 1. The van der Waals surface area contributed by atoms with E-state index in [0.29, 0.717) is 39.2 Å². The molecule has 2 aliphatic heterocycles. The Bertz CT molecular complexity index is 289. The first-order chi connectivity index (χ1) is 8.66. The Hall–Kier alpha value is -0.650. The third-order valence-electron chi connectivity index (χ3n) is 4.11. The molecule has 0 amide bonds. The van der Waals surface area contributed by atoms with Crippen LogP contribution in [-0.2, 0) is 14.3 Å². The van der Waals surface area contributed by atoms with E-state index in [4.69, 9.17) is 9.47 Å². The fourth-order valence-corrected chi connectivity index (χ4v) is 2.80. The fraction of sp³-hybridized carbons (Fsp3) is 0.923. The van der Waals surface area contributed by atoms with Crippen LogP contribution >= 0.6 is 0 Å². The predicted molar refractivity (Wildman–Crippen MR) is 66.6 cm³/mol. The molecule has 0 aliphatic carbocycles. The van der Waals surface area contributed by atoms with E-state index in [1.54, 1.807) is 0 Å². The lowest BCUT2D eigenvalue weighted by Gasteiger charge is -2.40. The van der Waals surface area contributed by atoms with Crippen LogP contribution < -0.4 is 0 Å². The number of nitrogens with zero attached hydrogens (tertiary/aromatic N) is 1. The van der Waals surface area contributed by atoms with Gasteiger partial charge < -0.3 is 14.6 Å². The van der Waals surface area contributed by atoms with E-state index in [2.05, 4.69) is 11.8 Å². The number of carboxylic acid groups (broad SMARTS) is 1. The minimum absolute atomic E-state index is 0.254. The molecule has 2 fully saturated rings. The molecule has 1 atom stereocenters. The summed E-state index contributed by atoms with van der Waals surface area (Å²) >= 11 is 0. The summed E-state index contributed by atoms with van der Waals surface area (Å²) in [6.07, 6.45) is 2.48. The van der Waals surface area contributed by atoms with Crippen LogP contribution in [0.2, 0.25) is 0 Å². The number of rotatable bonds is 4. The van der Waals surface area contributed by atoms with Gasteiger partial charge in [-0.05, 0) is 19.3 Å². The van der Waals surface area contributed by atoms with Gasteiger partial charge in [0.05, 0.1) is 18.1 Å². The zero-order valence-corrected chi connectivity index (χ0v) is 11.1. The van der Waals surface area contributed by atoms with Crippen molar-refractivity contribution in [2.24, 2.45) is 5.41 Å². The van der Waals surface area contributed by atoms with Crippen molar-refractivity contribution in [1.82, 2.24) is 4.90 Å². The molecule has 2 heterocycles. The van der Waals surface area contributed by atoms with Gasteiger partial charge in [0.15, 0.2) is 0 Å².